The molecule has 0 radical (unpaired) electrons. The average molecular weight is 252 g/mol. The Morgan fingerprint density at radius 3 is 2.29 bits per heavy atom. The van der Waals surface area contributed by atoms with E-state index in [4.69, 9.17) is 0 Å². The van der Waals surface area contributed by atoms with Crippen molar-refractivity contribution in [1.82, 2.24) is 0 Å². The SMILES string of the molecule is Cc1cc(C)cc(NC(=O)CSCC(=O)[O-])c1. The smallest absolute Gasteiger partial charge is 0.234 e. The molecule has 0 fully saturated rings. The Morgan fingerprint density at radius 1 is 1.18 bits per heavy atom. The molecule has 4 nitrogen and oxygen atoms in total. The fourth-order valence-electron chi connectivity index (χ4n) is 1.47. The number of rotatable bonds is 5. The van der Waals surface area contributed by atoms with E-state index in [1.54, 1.807) is 0 Å². The number of carbonyl (C=O) groups excluding carboxylic acids is 2. The predicted molar refractivity (Wildman–Crippen MR) is 66.9 cm³/mol. The van der Waals surface area contributed by atoms with Crippen molar-refractivity contribution < 1.29 is 14.7 Å². The second-order valence-electron chi connectivity index (χ2n) is 3.79. The van der Waals surface area contributed by atoms with E-state index >= 15 is 0 Å². The summed E-state index contributed by atoms with van der Waals surface area (Å²) in [5.41, 5.74) is 2.88. The Bertz CT molecular complexity index is 412. The Hall–Kier alpha value is -1.49. The van der Waals surface area contributed by atoms with Gasteiger partial charge in [-0.25, -0.2) is 0 Å². The summed E-state index contributed by atoms with van der Waals surface area (Å²) in [4.78, 5) is 21.6. The first kappa shape index (κ1) is 13.6. The van der Waals surface area contributed by atoms with E-state index in [2.05, 4.69) is 5.32 Å². The van der Waals surface area contributed by atoms with Crippen LogP contribution < -0.4 is 10.4 Å². The second-order valence-corrected chi connectivity index (χ2v) is 4.77. The van der Waals surface area contributed by atoms with Crippen LogP contribution in [-0.2, 0) is 9.59 Å². The molecule has 92 valence electrons. The summed E-state index contributed by atoms with van der Waals surface area (Å²) in [5, 5.41) is 12.9. The Kier molecular flexibility index (Phi) is 5.03. The van der Waals surface area contributed by atoms with Crippen molar-refractivity contribution in [2.75, 3.05) is 16.8 Å². The van der Waals surface area contributed by atoms with Crippen LogP contribution in [0.25, 0.3) is 0 Å². The van der Waals surface area contributed by atoms with Gasteiger partial charge in [0.1, 0.15) is 0 Å². The van der Waals surface area contributed by atoms with E-state index in [1.807, 2.05) is 32.0 Å². The number of carboxylic acids is 1. The van der Waals surface area contributed by atoms with Crippen LogP contribution in [0.2, 0.25) is 0 Å². The predicted octanol–water partition coefficient (Wildman–Crippen LogP) is 0.725. The molecule has 0 aromatic heterocycles. The Morgan fingerprint density at radius 2 is 1.76 bits per heavy atom. The molecular weight excluding hydrogens is 238 g/mol. The van der Waals surface area contributed by atoms with Crippen LogP contribution in [0.3, 0.4) is 0 Å². The molecule has 1 aromatic carbocycles. The van der Waals surface area contributed by atoms with E-state index in [0.717, 1.165) is 28.6 Å². The molecule has 0 spiro atoms. The van der Waals surface area contributed by atoms with Crippen molar-refractivity contribution in [1.29, 1.82) is 0 Å². The normalized spacial score (nSPS) is 10.0. The largest absolute Gasteiger partial charge is 0.549 e. The number of thioether (sulfide) groups is 1. The van der Waals surface area contributed by atoms with E-state index < -0.39 is 5.97 Å². The first-order valence-corrected chi connectivity index (χ1v) is 6.28. The van der Waals surface area contributed by atoms with Gasteiger partial charge in [0.15, 0.2) is 0 Å². The lowest BCUT2D eigenvalue weighted by Crippen LogP contribution is -2.25. The minimum absolute atomic E-state index is 0.112. The second kappa shape index (κ2) is 6.30. The standard InChI is InChI=1S/C12H15NO3S/c1-8-3-9(2)5-10(4-8)13-11(14)6-17-7-12(15)16/h3-5H,6-7H2,1-2H3,(H,13,14)(H,15,16)/p-1. The molecule has 1 rings (SSSR count). The lowest BCUT2D eigenvalue weighted by molar-refractivity contribution is -0.301. The van der Waals surface area contributed by atoms with Gasteiger partial charge < -0.3 is 15.2 Å². The molecule has 0 saturated heterocycles. The van der Waals surface area contributed by atoms with Gasteiger partial charge in [0.2, 0.25) is 5.91 Å². The molecule has 0 saturated carbocycles. The van der Waals surface area contributed by atoms with Crippen molar-refractivity contribution in [2.45, 2.75) is 13.8 Å². The molecule has 0 bridgehead atoms. The molecule has 17 heavy (non-hydrogen) atoms. The summed E-state index contributed by atoms with van der Waals surface area (Å²) in [7, 11) is 0. The highest BCUT2D eigenvalue weighted by atomic mass is 32.2. The fourth-order valence-corrected chi connectivity index (χ4v) is 2.00. The van der Waals surface area contributed by atoms with Crippen molar-refractivity contribution >= 4 is 29.3 Å². The van der Waals surface area contributed by atoms with Gasteiger partial charge in [-0.3, -0.25) is 4.79 Å². The third kappa shape index (κ3) is 5.40. The number of aliphatic carboxylic acids is 1. The Balaban J connectivity index is 2.47. The summed E-state index contributed by atoms with van der Waals surface area (Å²) in [6.07, 6.45) is 0. The van der Waals surface area contributed by atoms with Crippen molar-refractivity contribution in [3.63, 3.8) is 0 Å². The van der Waals surface area contributed by atoms with Crippen LogP contribution in [0.1, 0.15) is 11.1 Å². The van der Waals surface area contributed by atoms with E-state index in [9.17, 15) is 14.7 Å². The number of carbonyl (C=O) groups is 2. The number of anilines is 1. The van der Waals surface area contributed by atoms with Crippen LogP contribution >= 0.6 is 11.8 Å². The number of hydrogen-bond acceptors (Lipinski definition) is 4. The maximum absolute atomic E-state index is 11.5. The zero-order valence-electron chi connectivity index (χ0n) is 9.78. The van der Waals surface area contributed by atoms with Crippen molar-refractivity contribution in [3.8, 4) is 0 Å². The van der Waals surface area contributed by atoms with Gasteiger partial charge in [0.25, 0.3) is 0 Å². The van der Waals surface area contributed by atoms with E-state index in [0.29, 0.717) is 0 Å². The molecule has 0 heterocycles. The molecule has 0 unspecified atom stereocenters. The fraction of sp³-hybridized carbons (Fsp3) is 0.333. The summed E-state index contributed by atoms with van der Waals surface area (Å²) in [6.45, 7) is 3.90. The molecule has 5 heteroatoms. The zero-order valence-corrected chi connectivity index (χ0v) is 10.6. The van der Waals surface area contributed by atoms with Crippen LogP contribution in [0.4, 0.5) is 5.69 Å². The summed E-state index contributed by atoms with van der Waals surface area (Å²) in [5.74, 6) is -1.42. The maximum Gasteiger partial charge on any atom is 0.234 e. The monoisotopic (exact) mass is 252 g/mol. The molecule has 0 aliphatic carbocycles. The van der Waals surface area contributed by atoms with Crippen LogP contribution in [0.15, 0.2) is 18.2 Å². The van der Waals surface area contributed by atoms with Crippen molar-refractivity contribution in [3.05, 3.63) is 29.3 Å². The molecule has 1 amide bonds. The average Bonchev–Trinajstić information content (AvgIpc) is 2.14. The van der Waals surface area contributed by atoms with E-state index in [1.165, 1.54) is 0 Å². The Labute approximate surface area is 104 Å². The number of benzene rings is 1. The number of aryl methyl sites for hydroxylation is 2. The third-order valence-corrected chi connectivity index (χ3v) is 2.86. The highest BCUT2D eigenvalue weighted by Gasteiger charge is 2.03. The van der Waals surface area contributed by atoms with Crippen LogP contribution in [-0.4, -0.2) is 23.4 Å². The quantitative estimate of drug-likeness (QED) is 0.838. The molecule has 0 aliphatic rings. The van der Waals surface area contributed by atoms with E-state index in [-0.39, 0.29) is 17.4 Å². The highest BCUT2D eigenvalue weighted by molar-refractivity contribution is 8.00. The molecule has 0 atom stereocenters. The summed E-state index contributed by atoms with van der Waals surface area (Å²) < 4.78 is 0. The first-order chi connectivity index (χ1) is 7.97. The minimum Gasteiger partial charge on any atom is -0.549 e. The summed E-state index contributed by atoms with van der Waals surface area (Å²) in [6, 6.07) is 5.75. The zero-order chi connectivity index (χ0) is 12.8. The minimum atomic E-state index is -1.16. The lowest BCUT2D eigenvalue weighted by atomic mass is 10.1. The van der Waals surface area contributed by atoms with Gasteiger partial charge in [0, 0.05) is 11.4 Å². The lowest BCUT2D eigenvalue weighted by Gasteiger charge is -2.07. The van der Waals surface area contributed by atoms with Gasteiger partial charge in [-0.05, 0) is 37.1 Å². The molecule has 0 aliphatic heterocycles. The number of amides is 1. The van der Waals surface area contributed by atoms with Gasteiger partial charge in [0.05, 0.1) is 11.7 Å². The topological polar surface area (TPSA) is 69.2 Å². The molecule has 1 N–H and O–H groups in total. The van der Waals surface area contributed by atoms with Gasteiger partial charge in [-0.1, -0.05) is 6.07 Å². The van der Waals surface area contributed by atoms with Gasteiger partial charge in [-0.15, -0.1) is 11.8 Å². The molecular formula is C12H14NO3S-. The number of nitrogens with one attached hydrogen (secondary N) is 1. The van der Waals surface area contributed by atoms with Gasteiger partial charge in [-0.2, -0.15) is 0 Å². The summed E-state index contributed by atoms with van der Waals surface area (Å²) >= 11 is 1.02. The third-order valence-electron chi connectivity index (χ3n) is 1.96. The van der Waals surface area contributed by atoms with Crippen molar-refractivity contribution in [2.24, 2.45) is 0 Å². The number of hydrogen-bond donors (Lipinski definition) is 1. The highest BCUT2D eigenvalue weighted by Crippen LogP contribution is 2.14. The van der Waals surface area contributed by atoms with Crippen LogP contribution in [0, 0.1) is 13.8 Å². The molecule has 1 aromatic rings. The number of carboxylic acid groups (broad SMARTS) is 1. The first-order valence-electron chi connectivity index (χ1n) is 5.13. The van der Waals surface area contributed by atoms with Crippen LogP contribution in [0.5, 0.6) is 0 Å². The van der Waals surface area contributed by atoms with Gasteiger partial charge >= 0.3 is 0 Å². The maximum atomic E-state index is 11.5.